The van der Waals surface area contributed by atoms with Crippen LogP contribution in [-0.2, 0) is 0 Å². The molecule has 0 aliphatic carbocycles. The number of benzene rings is 1. The van der Waals surface area contributed by atoms with Gasteiger partial charge in [0, 0.05) is 13.1 Å². The standard InChI is InChI=1S/C12H15ClF2N2O2/c1-12(2,19)6-17(3)11(18)16-10-8(13)4-7(14)5-9(10)15/h4-5,19H,6H2,1-3H3,(H,16,18). The fourth-order valence-electron chi connectivity index (χ4n) is 1.52. The summed E-state index contributed by atoms with van der Waals surface area (Å²) in [5, 5.41) is 11.6. The smallest absolute Gasteiger partial charge is 0.321 e. The predicted molar refractivity (Wildman–Crippen MR) is 69.3 cm³/mol. The summed E-state index contributed by atoms with van der Waals surface area (Å²) in [5.41, 5.74) is -1.38. The lowest BCUT2D eigenvalue weighted by molar-refractivity contribution is 0.0550. The monoisotopic (exact) mass is 292 g/mol. The summed E-state index contributed by atoms with van der Waals surface area (Å²) in [7, 11) is 1.43. The number of aliphatic hydroxyl groups is 1. The number of rotatable bonds is 3. The molecule has 0 unspecified atom stereocenters. The number of carbonyl (C=O) groups excluding carboxylic acids is 1. The number of nitrogens with zero attached hydrogens (tertiary/aromatic N) is 1. The van der Waals surface area contributed by atoms with E-state index in [9.17, 15) is 18.7 Å². The molecule has 106 valence electrons. The van der Waals surface area contributed by atoms with Gasteiger partial charge < -0.3 is 15.3 Å². The van der Waals surface area contributed by atoms with Crippen LogP contribution >= 0.6 is 11.6 Å². The number of anilines is 1. The molecule has 0 fully saturated rings. The average Bonchev–Trinajstić information content (AvgIpc) is 2.20. The van der Waals surface area contributed by atoms with E-state index in [-0.39, 0.29) is 17.3 Å². The van der Waals surface area contributed by atoms with Crippen molar-refractivity contribution in [3.05, 3.63) is 28.8 Å². The molecule has 0 aliphatic heterocycles. The van der Waals surface area contributed by atoms with Crippen molar-refractivity contribution in [2.75, 3.05) is 18.9 Å². The number of urea groups is 1. The van der Waals surface area contributed by atoms with Crippen LogP contribution in [0.25, 0.3) is 0 Å². The second kappa shape index (κ2) is 5.71. The van der Waals surface area contributed by atoms with Crippen LogP contribution < -0.4 is 5.32 Å². The number of hydrogen-bond donors (Lipinski definition) is 2. The third-order valence-corrected chi connectivity index (χ3v) is 2.51. The lowest BCUT2D eigenvalue weighted by Gasteiger charge is -2.25. The molecule has 1 aromatic rings. The van der Waals surface area contributed by atoms with E-state index in [0.29, 0.717) is 6.07 Å². The molecule has 0 saturated carbocycles. The van der Waals surface area contributed by atoms with Gasteiger partial charge in [-0.1, -0.05) is 11.6 Å². The van der Waals surface area contributed by atoms with Gasteiger partial charge in [-0.2, -0.15) is 0 Å². The minimum absolute atomic E-state index is 0.0409. The highest BCUT2D eigenvalue weighted by Gasteiger charge is 2.21. The minimum Gasteiger partial charge on any atom is -0.389 e. The molecule has 0 atom stereocenters. The van der Waals surface area contributed by atoms with E-state index in [0.717, 1.165) is 6.07 Å². The second-order valence-electron chi connectivity index (χ2n) is 4.84. The zero-order valence-electron chi connectivity index (χ0n) is 10.8. The summed E-state index contributed by atoms with van der Waals surface area (Å²) in [6.45, 7) is 3.10. The molecule has 7 heteroatoms. The largest absolute Gasteiger partial charge is 0.389 e. The van der Waals surface area contributed by atoms with Crippen LogP contribution in [0.5, 0.6) is 0 Å². The van der Waals surface area contributed by atoms with Crippen LogP contribution in [-0.4, -0.2) is 35.2 Å². The molecule has 0 radical (unpaired) electrons. The van der Waals surface area contributed by atoms with Crippen molar-refractivity contribution in [1.29, 1.82) is 0 Å². The van der Waals surface area contributed by atoms with Gasteiger partial charge in [-0.3, -0.25) is 0 Å². The predicted octanol–water partition coefficient (Wildman–Crippen LogP) is 2.85. The van der Waals surface area contributed by atoms with Crippen molar-refractivity contribution in [3.8, 4) is 0 Å². The summed E-state index contributed by atoms with van der Waals surface area (Å²) in [4.78, 5) is 12.9. The van der Waals surface area contributed by atoms with E-state index < -0.39 is 23.3 Å². The van der Waals surface area contributed by atoms with Gasteiger partial charge in [0.15, 0.2) is 5.82 Å². The number of hydrogen-bond acceptors (Lipinski definition) is 2. The van der Waals surface area contributed by atoms with Crippen LogP contribution in [0.3, 0.4) is 0 Å². The molecule has 0 spiro atoms. The number of nitrogens with one attached hydrogen (secondary N) is 1. The highest BCUT2D eigenvalue weighted by Crippen LogP contribution is 2.26. The zero-order chi connectivity index (χ0) is 14.8. The Bertz CT molecular complexity index is 466. The fourth-order valence-corrected chi connectivity index (χ4v) is 1.76. The van der Waals surface area contributed by atoms with Crippen LogP contribution in [0.4, 0.5) is 19.3 Å². The van der Waals surface area contributed by atoms with Crippen molar-refractivity contribution in [3.63, 3.8) is 0 Å². The van der Waals surface area contributed by atoms with Crippen LogP contribution in [0.1, 0.15) is 13.8 Å². The zero-order valence-corrected chi connectivity index (χ0v) is 11.6. The van der Waals surface area contributed by atoms with E-state index >= 15 is 0 Å². The molecule has 0 heterocycles. The van der Waals surface area contributed by atoms with Crippen molar-refractivity contribution >= 4 is 23.3 Å². The van der Waals surface area contributed by atoms with Gasteiger partial charge in [-0.25, -0.2) is 13.6 Å². The fraction of sp³-hybridized carbons (Fsp3) is 0.417. The van der Waals surface area contributed by atoms with E-state index in [2.05, 4.69) is 5.32 Å². The summed E-state index contributed by atoms with van der Waals surface area (Å²) in [6.07, 6.45) is 0. The Morgan fingerprint density at radius 1 is 1.47 bits per heavy atom. The van der Waals surface area contributed by atoms with Gasteiger partial charge >= 0.3 is 6.03 Å². The number of likely N-dealkylation sites (N-methyl/N-ethyl adjacent to an activating group) is 1. The first-order valence-electron chi connectivity index (χ1n) is 5.49. The molecule has 0 saturated heterocycles. The first-order chi connectivity index (χ1) is 8.60. The molecule has 0 aliphatic rings. The third-order valence-electron chi connectivity index (χ3n) is 2.21. The normalized spacial score (nSPS) is 11.3. The van der Waals surface area contributed by atoms with Gasteiger partial charge in [0.1, 0.15) is 5.82 Å². The lowest BCUT2D eigenvalue weighted by Crippen LogP contribution is -2.41. The van der Waals surface area contributed by atoms with E-state index in [1.165, 1.54) is 25.8 Å². The van der Waals surface area contributed by atoms with E-state index in [4.69, 9.17) is 11.6 Å². The number of halogens is 3. The molecular formula is C12H15ClF2N2O2. The quantitative estimate of drug-likeness (QED) is 0.900. The summed E-state index contributed by atoms with van der Waals surface area (Å²) in [6, 6.07) is 0.864. The van der Waals surface area contributed by atoms with Crippen molar-refractivity contribution < 1.29 is 18.7 Å². The van der Waals surface area contributed by atoms with Crippen molar-refractivity contribution in [2.24, 2.45) is 0 Å². The first-order valence-corrected chi connectivity index (χ1v) is 5.87. The molecule has 2 N–H and O–H groups in total. The summed E-state index contributed by atoms with van der Waals surface area (Å²) >= 11 is 5.65. The Kier molecular flexibility index (Phi) is 4.70. The molecule has 0 bridgehead atoms. The molecule has 2 amide bonds. The maximum Gasteiger partial charge on any atom is 0.321 e. The Morgan fingerprint density at radius 3 is 2.53 bits per heavy atom. The number of amides is 2. The van der Waals surface area contributed by atoms with E-state index in [1.54, 1.807) is 0 Å². The van der Waals surface area contributed by atoms with Gasteiger partial charge in [0.2, 0.25) is 0 Å². The Balaban J connectivity index is 2.83. The Morgan fingerprint density at radius 2 is 2.05 bits per heavy atom. The highest BCUT2D eigenvalue weighted by atomic mass is 35.5. The van der Waals surface area contributed by atoms with Crippen molar-refractivity contribution in [2.45, 2.75) is 19.4 Å². The van der Waals surface area contributed by atoms with Crippen molar-refractivity contribution in [1.82, 2.24) is 4.90 Å². The van der Waals surface area contributed by atoms with Crippen LogP contribution in [0.2, 0.25) is 5.02 Å². The molecule has 0 aromatic heterocycles. The maximum absolute atomic E-state index is 13.5. The van der Waals surface area contributed by atoms with Crippen LogP contribution in [0.15, 0.2) is 12.1 Å². The molecule has 19 heavy (non-hydrogen) atoms. The van der Waals surface area contributed by atoms with Crippen LogP contribution in [0, 0.1) is 11.6 Å². The summed E-state index contributed by atoms with van der Waals surface area (Å²) in [5.74, 6) is -1.79. The number of carbonyl (C=O) groups is 1. The molecule has 4 nitrogen and oxygen atoms in total. The molecular weight excluding hydrogens is 278 g/mol. The average molecular weight is 293 g/mol. The topological polar surface area (TPSA) is 52.6 Å². The van der Waals surface area contributed by atoms with Gasteiger partial charge in [0.05, 0.1) is 22.9 Å². The maximum atomic E-state index is 13.5. The van der Waals surface area contributed by atoms with Gasteiger partial charge in [-0.05, 0) is 19.9 Å². The lowest BCUT2D eigenvalue weighted by atomic mass is 10.1. The summed E-state index contributed by atoms with van der Waals surface area (Å²) < 4.78 is 26.3. The molecule has 1 aromatic carbocycles. The van der Waals surface area contributed by atoms with E-state index in [1.807, 2.05) is 0 Å². The molecule has 1 rings (SSSR count). The second-order valence-corrected chi connectivity index (χ2v) is 5.25. The Hall–Kier alpha value is -1.40. The van der Waals surface area contributed by atoms with Gasteiger partial charge in [-0.15, -0.1) is 0 Å². The van der Waals surface area contributed by atoms with Gasteiger partial charge in [0.25, 0.3) is 0 Å². The Labute approximate surface area is 115 Å². The minimum atomic E-state index is -1.09. The first kappa shape index (κ1) is 15.7. The third kappa shape index (κ3) is 4.65. The SMILES string of the molecule is CN(CC(C)(C)O)C(=O)Nc1c(F)cc(F)cc1Cl. The highest BCUT2D eigenvalue weighted by molar-refractivity contribution is 6.33.